The molecule has 4 rings (SSSR count). The number of benzene rings is 2. The first-order chi connectivity index (χ1) is 17.5. The van der Waals surface area contributed by atoms with Gasteiger partial charge in [-0.3, -0.25) is 9.69 Å². The molecule has 0 saturated carbocycles. The Balaban J connectivity index is 1.37. The predicted molar refractivity (Wildman–Crippen MR) is 146 cm³/mol. The van der Waals surface area contributed by atoms with Gasteiger partial charge in [-0.05, 0) is 49.8 Å². The topological polar surface area (TPSA) is 91.4 Å². The van der Waals surface area contributed by atoms with Gasteiger partial charge in [0.15, 0.2) is 0 Å². The van der Waals surface area contributed by atoms with Crippen molar-refractivity contribution in [2.24, 2.45) is 0 Å². The van der Waals surface area contributed by atoms with Crippen LogP contribution in [0, 0.1) is 0 Å². The maximum absolute atomic E-state index is 11.6. The van der Waals surface area contributed by atoms with Crippen LogP contribution in [0.3, 0.4) is 0 Å². The Morgan fingerprint density at radius 3 is 2.86 bits per heavy atom. The zero-order valence-corrected chi connectivity index (χ0v) is 21.1. The summed E-state index contributed by atoms with van der Waals surface area (Å²) in [7, 11) is 0. The van der Waals surface area contributed by atoms with Crippen LogP contribution in [0.2, 0.25) is 5.02 Å². The van der Waals surface area contributed by atoms with Crippen molar-refractivity contribution in [3.63, 3.8) is 0 Å². The van der Waals surface area contributed by atoms with Crippen molar-refractivity contribution in [1.29, 1.82) is 0 Å². The highest BCUT2D eigenvalue weighted by Crippen LogP contribution is 2.29. The number of nitrogens with one attached hydrogen (secondary N) is 3. The molecule has 0 spiro atoms. The number of ether oxygens (including phenoxy) is 1. The summed E-state index contributed by atoms with van der Waals surface area (Å²) in [5.41, 5.74) is 3.84. The van der Waals surface area contributed by atoms with E-state index in [0.717, 1.165) is 56.1 Å². The number of halogens is 1. The normalized spacial score (nSPS) is 15.8. The Bertz CT molecular complexity index is 1200. The second-order valence-corrected chi connectivity index (χ2v) is 9.04. The molecule has 36 heavy (non-hydrogen) atoms. The van der Waals surface area contributed by atoms with Crippen LogP contribution in [0.15, 0.2) is 67.4 Å². The Labute approximate surface area is 216 Å². The van der Waals surface area contributed by atoms with E-state index in [-0.39, 0.29) is 5.91 Å². The maximum Gasteiger partial charge on any atom is 0.247 e. The smallest absolute Gasteiger partial charge is 0.247 e. The first-order valence-electron chi connectivity index (χ1n) is 12.0. The van der Waals surface area contributed by atoms with E-state index >= 15 is 0 Å². The summed E-state index contributed by atoms with van der Waals surface area (Å²) in [6, 6.07) is 15.3. The van der Waals surface area contributed by atoms with Crippen molar-refractivity contribution < 1.29 is 9.53 Å². The van der Waals surface area contributed by atoms with Crippen molar-refractivity contribution in [2.45, 2.75) is 19.4 Å². The zero-order valence-electron chi connectivity index (χ0n) is 20.3. The minimum absolute atomic E-state index is 0.285. The van der Waals surface area contributed by atoms with Gasteiger partial charge in [-0.25, -0.2) is 9.97 Å². The number of carbonyl (C=O) groups excluding carboxylic acids is 1. The minimum atomic E-state index is -0.285. The number of carbonyl (C=O) groups is 1. The molecule has 188 valence electrons. The maximum atomic E-state index is 11.6. The third kappa shape index (κ3) is 7.27. The molecule has 1 atom stereocenters. The third-order valence-corrected chi connectivity index (χ3v) is 6.03. The van der Waals surface area contributed by atoms with Gasteiger partial charge in [-0.15, -0.1) is 0 Å². The lowest BCUT2D eigenvalue weighted by Gasteiger charge is -2.31. The quantitative estimate of drug-likeness (QED) is 0.257. The van der Waals surface area contributed by atoms with Gasteiger partial charge in [0.2, 0.25) is 11.9 Å². The summed E-state index contributed by atoms with van der Waals surface area (Å²) in [6.45, 7) is 10.4. The Morgan fingerprint density at radius 1 is 1.22 bits per heavy atom. The van der Waals surface area contributed by atoms with Crippen LogP contribution in [0.1, 0.15) is 13.3 Å². The number of nitrogens with zero attached hydrogens (tertiary/aromatic N) is 3. The van der Waals surface area contributed by atoms with E-state index in [1.807, 2.05) is 42.5 Å². The van der Waals surface area contributed by atoms with Crippen LogP contribution in [0.5, 0.6) is 0 Å². The second kappa shape index (κ2) is 12.5. The summed E-state index contributed by atoms with van der Waals surface area (Å²) < 4.78 is 5.61. The number of aromatic nitrogens is 2. The Kier molecular flexibility index (Phi) is 8.89. The summed E-state index contributed by atoms with van der Waals surface area (Å²) in [5, 5.41) is 9.92. The van der Waals surface area contributed by atoms with Gasteiger partial charge in [0, 0.05) is 48.8 Å². The van der Waals surface area contributed by atoms with Gasteiger partial charge in [0.1, 0.15) is 0 Å². The van der Waals surface area contributed by atoms with Crippen LogP contribution < -0.4 is 16.0 Å². The molecule has 1 aromatic heterocycles. The van der Waals surface area contributed by atoms with E-state index in [1.165, 1.54) is 6.08 Å². The summed E-state index contributed by atoms with van der Waals surface area (Å²) in [4.78, 5) is 23.0. The molecule has 1 amide bonds. The summed E-state index contributed by atoms with van der Waals surface area (Å²) in [6.07, 6.45) is 4.16. The molecule has 9 heteroatoms. The molecule has 2 heterocycles. The van der Waals surface area contributed by atoms with Crippen LogP contribution >= 0.6 is 11.6 Å². The molecule has 0 aliphatic carbocycles. The van der Waals surface area contributed by atoms with Crippen LogP contribution in [0.25, 0.3) is 11.3 Å². The fraction of sp³-hybridized carbons (Fsp3) is 0.296. The number of hydrogen-bond donors (Lipinski definition) is 3. The molecular weight excluding hydrogens is 476 g/mol. The lowest BCUT2D eigenvalue weighted by Crippen LogP contribution is -2.41. The summed E-state index contributed by atoms with van der Waals surface area (Å²) in [5.74, 6) is 0.140. The highest BCUT2D eigenvalue weighted by molar-refractivity contribution is 6.33. The number of amides is 1. The molecular formula is C27H31ClN6O2. The molecule has 8 nitrogen and oxygen atoms in total. The molecule has 1 unspecified atom stereocenters. The Morgan fingerprint density at radius 2 is 2.03 bits per heavy atom. The Hall–Kier alpha value is -3.46. The van der Waals surface area contributed by atoms with Gasteiger partial charge in [0.05, 0.1) is 29.6 Å². The SMILES string of the molecule is C=CC(=O)Nc1cccc(-c2nc(Nc3cccc(NCCCN4CCOC(C)C4)c3)ncc2Cl)c1. The highest BCUT2D eigenvalue weighted by atomic mass is 35.5. The number of morpholine rings is 1. The fourth-order valence-corrected chi connectivity index (χ4v) is 4.23. The highest BCUT2D eigenvalue weighted by Gasteiger charge is 2.15. The monoisotopic (exact) mass is 506 g/mol. The van der Waals surface area contributed by atoms with E-state index in [1.54, 1.807) is 12.3 Å². The molecule has 1 aliphatic heterocycles. The van der Waals surface area contributed by atoms with Crippen molar-refractivity contribution in [1.82, 2.24) is 14.9 Å². The lowest BCUT2D eigenvalue weighted by atomic mass is 10.1. The van der Waals surface area contributed by atoms with E-state index in [9.17, 15) is 4.79 Å². The van der Waals surface area contributed by atoms with Gasteiger partial charge >= 0.3 is 0 Å². The molecule has 0 radical (unpaired) electrons. The van der Waals surface area contributed by atoms with Crippen molar-refractivity contribution in [3.05, 3.63) is 72.4 Å². The van der Waals surface area contributed by atoms with Crippen LogP contribution in [-0.2, 0) is 9.53 Å². The van der Waals surface area contributed by atoms with Gasteiger partial charge in [-0.1, -0.05) is 36.4 Å². The fourth-order valence-electron chi connectivity index (χ4n) is 4.03. The number of anilines is 4. The van der Waals surface area contributed by atoms with E-state index in [2.05, 4.69) is 44.3 Å². The van der Waals surface area contributed by atoms with Gasteiger partial charge in [-0.2, -0.15) is 0 Å². The average molecular weight is 507 g/mol. The average Bonchev–Trinajstić information content (AvgIpc) is 2.88. The van der Waals surface area contributed by atoms with Crippen molar-refractivity contribution >= 4 is 40.5 Å². The second-order valence-electron chi connectivity index (χ2n) is 8.63. The van der Waals surface area contributed by atoms with Crippen LogP contribution in [-0.4, -0.2) is 59.7 Å². The van der Waals surface area contributed by atoms with E-state index in [0.29, 0.717) is 28.5 Å². The predicted octanol–water partition coefficient (Wildman–Crippen LogP) is 5.19. The van der Waals surface area contributed by atoms with Crippen molar-refractivity contribution in [3.8, 4) is 11.3 Å². The molecule has 3 N–H and O–H groups in total. The molecule has 1 aliphatic rings. The first-order valence-corrected chi connectivity index (χ1v) is 12.4. The standard InChI is InChI=1S/C27H31ClN6O2/c1-3-25(35)31-22-9-4-7-20(15-22)26-24(28)17-30-27(33-26)32-23-10-5-8-21(16-23)29-11-6-12-34-13-14-36-19(2)18-34/h3-5,7-10,15-17,19,29H,1,6,11-14,18H2,2H3,(H,31,35)(H,30,32,33). The summed E-state index contributed by atoms with van der Waals surface area (Å²) >= 11 is 6.40. The molecule has 3 aromatic rings. The van der Waals surface area contributed by atoms with E-state index < -0.39 is 0 Å². The molecule has 0 bridgehead atoms. The van der Waals surface area contributed by atoms with Crippen LogP contribution in [0.4, 0.5) is 23.0 Å². The van der Waals surface area contributed by atoms with Gasteiger partial charge < -0.3 is 20.7 Å². The number of hydrogen-bond acceptors (Lipinski definition) is 7. The third-order valence-electron chi connectivity index (χ3n) is 5.76. The number of rotatable bonds is 10. The lowest BCUT2D eigenvalue weighted by molar-refractivity contribution is -0.111. The van der Waals surface area contributed by atoms with E-state index in [4.69, 9.17) is 16.3 Å². The molecule has 1 fully saturated rings. The molecule has 1 saturated heterocycles. The minimum Gasteiger partial charge on any atom is -0.385 e. The van der Waals surface area contributed by atoms with Crippen molar-refractivity contribution in [2.75, 3.05) is 48.7 Å². The first kappa shape index (κ1) is 25.6. The largest absolute Gasteiger partial charge is 0.385 e. The zero-order chi connectivity index (χ0) is 25.3. The van der Waals surface area contributed by atoms with Gasteiger partial charge in [0.25, 0.3) is 0 Å². The molecule has 2 aromatic carbocycles.